The Hall–Kier alpha value is -1.86. The number of carbonyl (C=O) groups excluding carboxylic acids is 1. The Morgan fingerprint density at radius 2 is 2.17 bits per heavy atom. The second-order valence-corrected chi connectivity index (χ2v) is 8.33. The maximum absolute atomic E-state index is 12.0. The van der Waals surface area contributed by atoms with E-state index < -0.39 is 9.84 Å². The maximum Gasteiger partial charge on any atom is 0.234 e. The molecule has 1 amide bonds. The van der Waals surface area contributed by atoms with E-state index >= 15 is 0 Å². The summed E-state index contributed by atoms with van der Waals surface area (Å²) in [5, 5.41) is 3.84. The normalized spacial score (nSPS) is 20.2. The zero-order valence-corrected chi connectivity index (χ0v) is 13.8. The molecule has 1 aliphatic rings. The van der Waals surface area contributed by atoms with Crippen LogP contribution in [0.1, 0.15) is 12.0 Å². The molecule has 7 heteroatoms. The highest BCUT2D eigenvalue weighted by atomic mass is 32.2. The average Bonchev–Trinajstić information content (AvgIpc) is 3.02. The molecule has 0 saturated carbocycles. The van der Waals surface area contributed by atoms with Gasteiger partial charge in [0.1, 0.15) is 5.58 Å². The summed E-state index contributed by atoms with van der Waals surface area (Å²) < 4.78 is 28.3. The first-order chi connectivity index (χ1) is 10.9. The van der Waals surface area contributed by atoms with Crippen LogP contribution in [0.15, 0.2) is 34.9 Å². The van der Waals surface area contributed by atoms with Crippen LogP contribution in [0.3, 0.4) is 0 Å². The highest BCUT2D eigenvalue weighted by molar-refractivity contribution is 7.91. The van der Waals surface area contributed by atoms with E-state index in [-0.39, 0.29) is 30.0 Å². The Labute approximate surface area is 135 Å². The number of sulfone groups is 1. The van der Waals surface area contributed by atoms with Gasteiger partial charge in [-0.1, -0.05) is 18.2 Å². The molecular formula is C16H20N2O4S. The van der Waals surface area contributed by atoms with Crippen LogP contribution >= 0.6 is 0 Å². The zero-order chi connectivity index (χ0) is 16.4. The van der Waals surface area contributed by atoms with Crippen molar-refractivity contribution in [2.45, 2.75) is 19.0 Å². The highest BCUT2D eigenvalue weighted by Gasteiger charge is 2.29. The number of furan rings is 1. The summed E-state index contributed by atoms with van der Waals surface area (Å²) in [6.07, 6.45) is 2.22. The summed E-state index contributed by atoms with van der Waals surface area (Å²) in [6.45, 7) is 0.809. The summed E-state index contributed by atoms with van der Waals surface area (Å²) in [5.74, 6) is 0.0614. The number of para-hydroxylation sites is 1. The van der Waals surface area contributed by atoms with Crippen molar-refractivity contribution in [2.24, 2.45) is 0 Å². The summed E-state index contributed by atoms with van der Waals surface area (Å²) in [5.41, 5.74) is 1.86. The number of carbonyl (C=O) groups is 1. The Kier molecular flexibility index (Phi) is 4.41. The van der Waals surface area contributed by atoms with Crippen molar-refractivity contribution in [3.63, 3.8) is 0 Å². The largest absolute Gasteiger partial charge is 0.464 e. The number of fused-ring (bicyclic) bond motifs is 1. The molecule has 3 rings (SSSR count). The van der Waals surface area contributed by atoms with E-state index in [4.69, 9.17) is 4.42 Å². The number of rotatable bonds is 5. The molecule has 1 aromatic heterocycles. The lowest BCUT2D eigenvalue weighted by Crippen LogP contribution is -2.41. The molecule has 23 heavy (non-hydrogen) atoms. The van der Waals surface area contributed by atoms with Gasteiger partial charge in [0.05, 0.1) is 24.3 Å². The minimum atomic E-state index is -2.98. The number of hydrogen-bond donors (Lipinski definition) is 1. The summed E-state index contributed by atoms with van der Waals surface area (Å²) in [6, 6.07) is 7.52. The first-order valence-electron chi connectivity index (χ1n) is 7.56. The van der Waals surface area contributed by atoms with E-state index in [1.807, 2.05) is 36.2 Å². The van der Waals surface area contributed by atoms with E-state index in [9.17, 15) is 13.2 Å². The lowest BCUT2D eigenvalue weighted by atomic mass is 10.1. The lowest BCUT2D eigenvalue weighted by molar-refractivity contribution is -0.122. The molecule has 1 atom stereocenters. The molecule has 1 aliphatic heterocycles. The molecule has 0 bridgehead atoms. The van der Waals surface area contributed by atoms with Gasteiger partial charge in [-0.2, -0.15) is 0 Å². The Morgan fingerprint density at radius 1 is 1.39 bits per heavy atom. The third-order valence-corrected chi connectivity index (χ3v) is 5.78. The summed E-state index contributed by atoms with van der Waals surface area (Å²) >= 11 is 0. The molecular weight excluding hydrogens is 316 g/mol. The smallest absolute Gasteiger partial charge is 0.234 e. The minimum Gasteiger partial charge on any atom is -0.464 e. The lowest BCUT2D eigenvalue weighted by Gasteiger charge is -2.17. The SMILES string of the molecule is CN(CC(=O)N[C@@H]1CCS(=O)(=O)C1)Cc1coc2ccccc12. The molecule has 1 aromatic carbocycles. The number of nitrogens with zero attached hydrogens (tertiary/aromatic N) is 1. The quantitative estimate of drug-likeness (QED) is 0.886. The van der Waals surface area contributed by atoms with Crippen LogP contribution < -0.4 is 5.32 Å². The minimum absolute atomic E-state index is 0.0504. The van der Waals surface area contributed by atoms with Gasteiger partial charge >= 0.3 is 0 Å². The summed E-state index contributed by atoms with van der Waals surface area (Å²) in [7, 11) is -1.12. The fourth-order valence-electron chi connectivity index (χ4n) is 2.93. The van der Waals surface area contributed by atoms with Gasteiger partial charge in [0, 0.05) is 23.5 Å². The topological polar surface area (TPSA) is 79.6 Å². The van der Waals surface area contributed by atoms with E-state index in [2.05, 4.69) is 5.32 Å². The van der Waals surface area contributed by atoms with Crippen molar-refractivity contribution in [2.75, 3.05) is 25.1 Å². The zero-order valence-electron chi connectivity index (χ0n) is 13.0. The van der Waals surface area contributed by atoms with Crippen molar-refractivity contribution in [1.82, 2.24) is 10.2 Å². The van der Waals surface area contributed by atoms with Gasteiger partial charge in [-0.15, -0.1) is 0 Å². The molecule has 1 N–H and O–H groups in total. The third kappa shape index (κ3) is 3.92. The highest BCUT2D eigenvalue weighted by Crippen LogP contribution is 2.21. The average molecular weight is 336 g/mol. The Morgan fingerprint density at radius 3 is 2.91 bits per heavy atom. The fourth-order valence-corrected chi connectivity index (χ4v) is 4.60. The van der Waals surface area contributed by atoms with Crippen LogP contribution in [-0.4, -0.2) is 50.4 Å². The third-order valence-electron chi connectivity index (χ3n) is 4.01. The van der Waals surface area contributed by atoms with Crippen molar-refractivity contribution < 1.29 is 17.6 Å². The number of amides is 1. The van der Waals surface area contributed by atoms with E-state index in [0.717, 1.165) is 16.5 Å². The Bertz CT molecular complexity index is 812. The molecule has 124 valence electrons. The molecule has 1 saturated heterocycles. The fraction of sp³-hybridized carbons (Fsp3) is 0.438. The van der Waals surface area contributed by atoms with E-state index in [1.165, 1.54) is 0 Å². The van der Waals surface area contributed by atoms with Crippen molar-refractivity contribution in [3.8, 4) is 0 Å². The monoisotopic (exact) mass is 336 g/mol. The van der Waals surface area contributed by atoms with E-state index in [0.29, 0.717) is 13.0 Å². The molecule has 0 aliphatic carbocycles. The van der Waals surface area contributed by atoms with Gasteiger partial charge in [-0.3, -0.25) is 9.69 Å². The van der Waals surface area contributed by atoms with Gasteiger partial charge in [0.15, 0.2) is 9.84 Å². The molecule has 1 fully saturated rings. The Balaban J connectivity index is 1.55. The molecule has 0 radical (unpaired) electrons. The molecule has 0 spiro atoms. The standard InChI is InChI=1S/C16H20N2O4S/c1-18(8-12-10-22-15-5-3-2-4-14(12)15)9-16(19)17-13-6-7-23(20,21)11-13/h2-5,10,13H,6-9,11H2,1H3,(H,17,19)/t13-/m1/s1. The van der Waals surface area contributed by atoms with Crippen LogP contribution in [0.4, 0.5) is 0 Å². The molecule has 6 nitrogen and oxygen atoms in total. The first-order valence-corrected chi connectivity index (χ1v) is 9.38. The first kappa shape index (κ1) is 16.0. The van der Waals surface area contributed by atoms with Crippen molar-refractivity contribution >= 4 is 26.7 Å². The van der Waals surface area contributed by atoms with Crippen LogP contribution in [-0.2, 0) is 21.2 Å². The maximum atomic E-state index is 12.0. The van der Waals surface area contributed by atoms with Crippen LogP contribution in [0.2, 0.25) is 0 Å². The van der Waals surface area contributed by atoms with Crippen molar-refractivity contribution in [1.29, 1.82) is 0 Å². The van der Waals surface area contributed by atoms with Gasteiger partial charge < -0.3 is 9.73 Å². The van der Waals surface area contributed by atoms with Crippen LogP contribution in [0.25, 0.3) is 11.0 Å². The van der Waals surface area contributed by atoms with Crippen molar-refractivity contribution in [3.05, 3.63) is 36.1 Å². The predicted octanol–water partition coefficient (Wildman–Crippen LogP) is 1.17. The van der Waals surface area contributed by atoms with Gasteiger partial charge in [0.25, 0.3) is 0 Å². The molecule has 2 aromatic rings. The van der Waals surface area contributed by atoms with Crippen LogP contribution in [0.5, 0.6) is 0 Å². The molecule has 2 heterocycles. The van der Waals surface area contributed by atoms with Gasteiger partial charge in [0.2, 0.25) is 5.91 Å². The number of hydrogen-bond acceptors (Lipinski definition) is 5. The predicted molar refractivity (Wildman–Crippen MR) is 87.7 cm³/mol. The number of likely N-dealkylation sites (N-methyl/N-ethyl adjacent to an activating group) is 1. The van der Waals surface area contributed by atoms with Gasteiger partial charge in [-0.05, 0) is 19.5 Å². The second-order valence-electron chi connectivity index (χ2n) is 6.10. The van der Waals surface area contributed by atoms with Crippen LogP contribution in [0, 0.1) is 0 Å². The number of benzene rings is 1. The number of nitrogens with one attached hydrogen (secondary N) is 1. The summed E-state index contributed by atoms with van der Waals surface area (Å²) in [4.78, 5) is 13.9. The molecule has 0 unspecified atom stereocenters. The second kappa shape index (κ2) is 6.33. The van der Waals surface area contributed by atoms with Gasteiger partial charge in [-0.25, -0.2) is 8.42 Å². The van der Waals surface area contributed by atoms with E-state index in [1.54, 1.807) is 6.26 Å².